The maximum atomic E-state index is 13.5. The number of pyridine rings is 1. The van der Waals surface area contributed by atoms with E-state index in [0.29, 0.717) is 35.7 Å². The Balaban J connectivity index is 1.43. The van der Waals surface area contributed by atoms with Crippen LogP contribution in [-0.4, -0.2) is 51.8 Å². The number of benzene rings is 2. The zero-order valence-electron chi connectivity index (χ0n) is 19.4. The quantitative estimate of drug-likeness (QED) is 0.629. The molecule has 34 heavy (non-hydrogen) atoms. The lowest BCUT2D eigenvalue weighted by Crippen LogP contribution is -2.45. The Hall–Kier alpha value is -3.71. The van der Waals surface area contributed by atoms with Gasteiger partial charge in [0.25, 0.3) is 11.8 Å². The fourth-order valence-electron chi connectivity index (χ4n) is 4.65. The number of nitrogens with zero attached hydrogens (tertiary/aromatic N) is 3. The number of aromatic nitrogens is 1. The third kappa shape index (κ3) is 4.39. The van der Waals surface area contributed by atoms with E-state index in [0.717, 1.165) is 13.1 Å². The lowest BCUT2D eigenvalue weighted by molar-refractivity contribution is 0.0590. The summed E-state index contributed by atoms with van der Waals surface area (Å²) < 4.78 is 6.51. The van der Waals surface area contributed by atoms with Gasteiger partial charge >= 0.3 is 0 Å². The van der Waals surface area contributed by atoms with Crippen LogP contribution < -0.4 is 10.1 Å². The van der Waals surface area contributed by atoms with E-state index in [9.17, 15) is 9.59 Å². The van der Waals surface area contributed by atoms with Crippen molar-refractivity contribution in [1.82, 2.24) is 14.8 Å². The molecule has 0 radical (unpaired) electrons. The zero-order chi connectivity index (χ0) is 23.7. The van der Waals surface area contributed by atoms with E-state index in [1.54, 1.807) is 42.7 Å². The highest BCUT2D eigenvalue weighted by atomic mass is 16.5. The molecule has 174 valence electrons. The van der Waals surface area contributed by atoms with Gasteiger partial charge in [-0.2, -0.15) is 0 Å². The van der Waals surface area contributed by atoms with Gasteiger partial charge in [0, 0.05) is 43.6 Å². The summed E-state index contributed by atoms with van der Waals surface area (Å²) in [4.78, 5) is 34.5. The molecule has 0 bridgehead atoms. The molecule has 0 spiro atoms. The van der Waals surface area contributed by atoms with E-state index < -0.39 is 0 Å². The molecule has 7 heteroatoms. The monoisotopic (exact) mass is 456 g/mol. The average Bonchev–Trinajstić information content (AvgIpc) is 3.19. The summed E-state index contributed by atoms with van der Waals surface area (Å²) >= 11 is 0. The number of hydrogen-bond acceptors (Lipinski definition) is 5. The summed E-state index contributed by atoms with van der Waals surface area (Å²) in [6, 6.07) is 17.1. The van der Waals surface area contributed by atoms with Gasteiger partial charge in [0.15, 0.2) is 5.75 Å². The highest BCUT2D eigenvalue weighted by molar-refractivity contribution is 6.07. The summed E-state index contributed by atoms with van der Waals surface area (Å²) in [5.74, 6) is 0.0698. The van der Waals surface area contributed by atoms with Gasteiger partial charge < -0.3 is 15.0 Å². The van der Waals surface area contributed by atoms with E-state index in [-0.39, 0.29) is 24.0 Å². The van der Waals surface area contributed by atoms with E-state index in [1.807, 2.05) is 18.7 Å². The second-order valence-electron chi connectivity index (χ2n) is 9.10. The summed E-state index contributed by atoms with van der Waals surface area (Å²) in [6.45, 7) is 6.91. The van der Waals surface area contributed by atoms with Crippen LogP contribution in [0.15, 0.2) is 67.0 Å². The fourth-order valence-corrected chi connectivity index (χ4v) is 4.65. The van der Waals surface area contributed by atoms with Crippen molar-refractivity contribution in [2.75, 3.05) is 18.4 Å². The van der Waals surface area contributed by atoms with Crippen molar-refractivity contribution < 1.29 is 14.3 Å². The van der Waals surface area contributed by atoms with E-state index in [2.05, 4.69) is 39.5 Å². The fraction of sp³-hybridized carbons (Fsp3) is 0.296. The van der Waals surface area contributed by atoms with Crippen LogP contribution in [0.3, 0.4) is 0 Å². The van der Waals surface area contributed by atoms with E-state index in [4.69, 9.17) is 4.74 Å². The molecule has 0 unspecified atom stereocenters. The second-order valence-corrected chi connectivity index (χ2v) is 9.10. The van der Waals surface area contributed by atoms with Gasteiger partial charge in [-0.15, -0.1) is 0 Å². The zero-order valence-corrected chi connectivity index (χ0v) is 19.4. The molecule has 1 N–H and O–H groups in total. The van der Waals surface area contributed by atoms with E-state index >= 15 is 0 Å². The van der Waals surface area contributed by atoms with Crippen LogP contribution in [0.5, 0.6) is 5.75 Å². The van der Waals surface area contributed by atoms with Gasteiger partial charge in [0.2, 0.25) is 0 Å². The minimum atomic E-state index is -0.275. The molecule has 3 heterocycles. The van der Waals surface area contributed by atoms with Crippen molar-refractivity contribution in [3.8, 4) is 5.75 Å². The van der Waals surface area contributed by atoms with Crippen LogP contribution >= 0.6 is 0 Å². The van der Waals surface area contributed by atoms with Crippen LogP contribution in [0.2, 0.25) is 0 Å². The highest BCUT2D eigenvalue weighted by Crippen LogP contribution is 2.35. The molecule has 1 atom stereocenters. The van der Waals surface area contributed by atoms with Gasteiger partial charge in [-0.1, -0.05) is 30.3 Å². The van der Waals surface area contributed by atoms with Crippen LogP contribution in [0.4, 0.5) is 5.69 Å². The molecular weight excluding hydrogens is 428 g/mol. The number of ether oxygens (including phenoxy) is 1. The Morgan fingerprint density at radius 2 is 1.76 bits per heavy atom. The molecule has 0 saturated carbocycles. The van der Waals surface area contributed by atoms with Crippen molar-refractivity contribution in [1.29, 1.82) is 0 Å². The third-order valence-corrected chi connectivity index (χ3v) is 6.37. The van der Waals surface area contributed by atoms with Gasteiger partial charge in [-0.05, 0) is 49.2 Å². The first-order chi connectivity index (χ1) is 16.5. The van der Waals surface area contributed by atoms with Crippen LogP contribution in [0.1, 0.15) is 45.7 Å². The summed E-state index contributed by atoms with van der Waals surface area (Å²) in [5.41, 5.74) is 4.11. The van der Waals surface area contributed by atoms with Crippen molar-refractivity contribution in [2.24, 2.45) is 0 Å². The number of hydrogen-bond donors (Lipinski definition) is 1. The Bertz CT molecular complexity index is 1190. The number of carbonyl (C=O) groups is 2. The van der Waals surface area contributed by atoms with Crippen molar-refractivity contribution in [3.63, 3.8) is 0 Å². The number of anilines is 1. The third-order valence-electron chi connectivity index (χ3n) is 6.37. The Kier molecular flexibility index (Phi) is 6.02. The van der Waals surface area contributed by atoms with Gasteiger partial charge in [-0.25, -0.2) is 0 Å². The van der Waals surface area contributed by atoms with Crippen LogP contribution in [-0.2, 0) is 13.1 Å². The number of nitrogens with one attached hydrogen (secondary N) is 1. The Labute approximate surface area is 199 Å². The minimum Gasteiger partial charge on any atom is -0.484 e. The molecule has 0 fully saturated rings. The largest absolute Gasteiger partial charge is 0.484 e. The molecule has 0 aliphatic carbocycles. The number of carbonyl (C=O) groups excluding carboxylic acids is 2. The minimum absolute atomic E-state index is 0.0235. The van der Waals surface area contributed by atoms with Crippen molar-refractivity contribution in [3.05, 3.63) is 89.2 Å². The number of amides is 2. The first-order valence-corrected chi connectivity index (χ1v) is 11.6. The van der Waals surface area contributed by atoms with Crippen molar-refractivity contribution >= 4 is 17.5 Å². The van der Waals surface area contributed by atoms with Gasteiger partial charge in [0.05, 0.1) is 17.8 Å². The first kappa shape index (κ1) is 22.1. The molecule has 1 aromatic heterocycles. The summed E-state index contributed by atoms with van der Waals surface area (Å²) in [5, 5.41) is 2.93. The lowest BCUT2D eigenvalue weighted by atomic mass is 10.1. The Morgan fingerprint density at radius 1 is 1.06 bits per heavy atom. The summed E-state index contributed by atoms with van der Waals surface area (Å²) in [7, 11) is 0. The SMILES string of the molecule is CC(C)N1C[C@H](CN2Cc3ccccc3C2)Oc2c(NC(=O)c3ccncc3)cccc2C1=O. The van der Waals surface area contributed by atoms with Crippen LogP contribution in [0.25, 0.3) is 0 Å². The molecule has 2 aliphatic heterocycles. The van der Waals surface area contributed by atoms with Crippen LogP contribution in [0, 0.1) is 0 Å². The normalized spacial score (nSPS) is 17.7. The number of rotatable bonds is 5. The standard InChI is InChI=1S/C27H28N4O3/c1-18(2)31-17-22(16-30-14-20-6-3-4-7-21(20)15-30)34-25-23(27(31)33)8-5-9-24(25)29-26(32)19-10-12-28-13-11-19/h3-13,18,22H,14-17H2,1-2H3,(H,29,32)/t22-/m0/s1. The molecule has 2 aliphatic rings. The number of fused-ring (bicyclic) bond motifs is 2. The molecular formula is C27H28N4O3. The average molecular weight is 457 g/mol. The predicted octanol–water partition coefficient (Wildman–Crippen LogP) is 3.96. The molecule has 0 saturated heterocycles. The maximum Gasteiger partial charge on any atom is 0.258 e. The number of para-hydroxylation sites is 1. The molecule has 3 aromatic rings. The Morgan fingerprint density at radius 3 is 2.44 bits per heavy atom. The first-order valence-electron chi connectivity index (χ1n) is 11.6. The molecule has 5 rings (SSSR count). The topological polar surface area (TPSA) is 74.8 Å². The molecule has 2 amide bonds. The van der Waals surface area contributed by atoms with Crippen molar-refractivity contribution in [2.45, 2.75) is 39.1 Å². The highest BCUT2D eigenvalue weighted by Gasteiger charge is 2.34. The summed E-state index contributed by atoms with van der Waals surface area (Å²) in [6.07, 6.45) is 2.91. The molecule has 7 nitrogen and oxygen atoms in total. The van der Waals surface area contributed by atoms with Gasteiger partial charge in [0.1, 0.15) is 6.10 Å². The predicted molar refractivity (Wildman–Crippen MR) is 130 cm³/mol. The maximum absolute atomic E-state index is 13.5. The lowest BCUT2D eigenvalue weighted by Gasteiger charge is -2.29. The van der Waals surface area contributed by atoms with E-state index in [1.165, 1.54) is 11.1 Å². The smallest absolute Gasteiger partial charge is 0.258 e. The molecule has 2 aromatic carbocycles. The van der Waals surface area contributed by atoms with Gasteiger partial charge in [-0.3, -0.25) is 19.5 Å². The second kappa shape index (κ2) is 9.27.